The van der Waals surface area contributed by atoms with Gasteiger partial charge in [-0.2, -0.15) is 5.10 Å². The fourth-order valence-electron chi connectivity index (χ4n) is 4.53. The number of hydrogen-bond donors (Lipinski definition) is 1. The molecule has 0 saturated carbocycles. The molecule has 38 heavy (non-hydrogen) atoms. The van der Waals surface area contributed by atoms with E-state index in [1.165, 1.54) is 5.69 Å². The van der Waals surface area contributed by atoms with Gasteiger partial charge in [0, 0.05) is 74.7 Å². The number of hydrogen-bond acceptors (Lipinski definition) is 7. The van der Waals surface area contributed by atoms with Crippen LogP contribution in [0.5, 0.6) is 5.75 Å². The second-order valence-corrected chi connectivity index (χ2v) is 11.4. The van der Waals surface area contributed by atoms with Gasteiger partial charge in [0.1, 0.15) is 23.2 Å². The van der Waals surface area contributed by atoms with E-state index >= 15 is 0 Å². The minimum Gasteiger partial charge on any atom is -0.497 e. The lowest BCUT2D eigenvalue weighted by atomic mass is 9.92. The first-order chi connectivity index (χ1) is 18.0. The Bertz CT molecular complexity index is 1250. The van der Waals surface area contributed by atoms with Crippen LogP contribution in [0.25, 0.3) is 5.70 Å². The lowest BCUT2D eigenvalue weighted by Crippen LogP contribution is -2.46. The molecule has 1 aromatic carbocycles. The Morgan fingerprint density at radius 1 is 1.00 bits per heavy atom. The monoisotopic (exact) mass is 517 g/mol. The van der Waals surface area contributed by atoms with Gasteiger partial charge in [0.05, 0.1) is 12.8 Å². The average Bonchev–Trinajstić information content (AvgIpc) is 3.33. The van der Waals surface area contributed by atoms with Crippen LogP contribution in [-0.4, -0.2) is 67.0 Å². The zero-order valence-corrected chi connectivity index (χ0v) is 24.2. The molecule has 3 aromatic rings. The van der Waals surface area contributed by atoms with Crippen molar-refractivity contribution in [3.63, 3.8) is 0 Å². The summed E-state index contributed by atoms with van der Waals surface area (Å²) in [5.41, 5.74) is 4.22. The summed E-state index contributed by atoms with van der Waals surface area (Å²) >= 11 is 0. The van der Waals surface area contributed by atoms with E-state index in [9.17, 15) is 0 Å². The second kappa shape index (κ2) is 11.0. The van der Waals surface area contributed by atoms with E-state index in [0.717, 1.165) is 66.3 Å². The zero-order chi connectivity index (χ0) is 27.6. The van der Waals surface area contributed by atoms with Crippen LogP contribution >= 0.6 is 0 Å². The number of rotatable bonds is 8. The van der Waals surface area contributed by atoms with Crippen molar-refractivity contribution < 1.29 is 4.74 Å². The van der Waals surface area contributed by atoms with Gasteiger partial charge in [0.25, 0.3) is 0 Å². The van der Waals surface area contributed by atoms with Crippen molar-refractivity contribution in [1.82, 2.24) is 19.7 Å². The molecule has 1 aliphatic rings. The quantitative estimate of drug-likeness (QED) is 0.407. The number of anilines is 4. The number of ether oxygens (including phenoxy) is 1. The Labute approximate surface area is 227 Å². The molecule has 0 atom stereocenters. The van der Waals surface area contributed by atoms with Gasteiger partial charge in [0.15, 0.2) is 0 Å². The van der Waals surface area contributed by atoms with Gasteiger partial charge in [-0.3, -0.25) is 0 Å². The van der Waals surface area contributed by atoms with Crippen LogP contribution in [0.3, 0.4) is 0 Å². The lowest BCUT2D eigenvalue weighted by molar-refractivity contribution is 0.415. The van der Waals surface area contributed by atoms with E-state index in [1.54, 1.807) is 7.11 Å². The van der Waals surface area contributed by atoms with Crippen LogP contribution in [0.2, 0.25) is 0 Å². The highest BCUT2D eigenvalue weighted by molar-refractivity contribution is 5.70. The van der Waals surface area contributed by atoms with Crippen molar-refractivity contribution >= 4 is 28.8 Å². The summed E-state index contributed by atoms with van der Waals surface area (Å²) in [7, 11) is 5.74. The van der Waals surface area contributed by atoms with Gasteiger partial charge in [0.2, 0.25) is 0 Å². The molecular weight excluding hydrogens is 474 g/mol. The first-order valence-corrected chi connectivity index (χ1v) is 13.4. The Balaban J connectivity index is 1.60. The van der Waals surface area contributed by atoms with Gasteiger partial charge in [-0.15, -0.1) is 0 Å². The van der Waals surface area contributed by atoms with Crippen LogP contribution < -0.4 is 19.9 Å². The van der Waals surface area contributed by atoms with Crippen LogP contribution in [0.4, 0.5) is 23.1 Å². The molecule has 1 fully saturated rings. The average molecular weight is 518 g/mol. The number of benzene rings is 1. The van der Waals surface area contributed by atoms with Gasteiger partial charge < -0.3 is 24.8 Å². The Morgan fingerprint density at radius 2 is 1.63 bits per heavy atom. The van der Waals surface area contributed by atoms with Gasteiger partial charge >= 0.3 is 0 Å². The number of aromatic nitrogens is 3. The van der Waals surface area contributed by atoms with Crippen molar-refractivity contribution in [3.8, 4) is 5.75 Å². The molecule has 0 aliphatic carbocycles. The van der Waals surface area contributed by atoms with Crippen molar-refractivity contribution in [2.24, 2.45) is 0 Å². The highest BCUT2D eigenvalue weighted by Gasteiger charge is 2.23. The van der Waals surface area contributed by atoms with Crippen LogP contribution in [-0.2, 0) is 5.41 Å². The molecule has 1 N–H and O–H groups in total. The summed E-state index contributed by atoms with van der Waals surface area (Å²) in [6, 6.07) is 14.9. The number of pyridine rings is 1. The third-order valence-electron chi connectivity index (χ3n) is 6.98. The molecule has 0 spiro atoms. The van der Waals surface area contributed by atoms with Crippen LogP contribution in [0.1, 0.15) is 51.9 Å². The van der Waals surface area contributed by atoms with Crippen molar-refractivity contribution in [1.29, 1.82) is 0 Å². The summed E-state index contributed by atoms with van der Waals surface area (Å²) in [4.78, 5) is 11.9. The normalized spacial score (nSPS) is 14.1. The lowest BCUT2D eigenvalue weighted by Gasteiger charge is -2.37. The maximum absolute atomic E-state index is 5.31. The minimum atomic E-state index is -0.0419. The smallest absolute Gasteiger partial charge is 0.134 e. The van der Waals surface area contributed by atoms with E-state index in [0.29, 0.717) is 0 Å². The fourth-order valence-corrected chi connectivity index (χ4v) is 4.53. The Kier molecular flexibility index (Phi) is 7.90. The third kappa shape index (κ3) is 6.06. The van der Waals surface area contributed by atoms with E-state index in [1.807, 2.05) is 35.8 Å². The number of methoxy groups -OCH3 is 1. The molecule has 3 heterocycles. The van der Waals surface area contributed by atoms with Gasteiger partial charge in [-0.1, -0.05) is 27.4 Å². The summed E-state index contributed by atoms with van der Waals surface area (Å²) < 4.78 is 7.36. The molecule has 0 radical (unpaired) electrons. The highest BCUT2D eigenvalue weighted by Crippen LogP contribution is 2.31. The number of nitrogens with zero attached hydrogens (tertiary/aromatic N) is 6. The topological polar surface area (TPSA) is 61.7 Å². The second-order valence-electron chi connectivity index (χ2n) is 11.4. The molecule has 1 aliphatic heterocycles. The molecular formula is C30H43N7O. The third-order valence-corrected chi connectivity index (χ3v) is 6.98. The molecule has 8 heteroatoms. The maximum Gasteiger partial charge on any atom is 0.134 e. The van der Waals surface area contributed by atoms with E-state index in [-0.39, 0.29) is 11.5 Å². The molecule has 4 rings (SSSR count). The van der Waals surface area contributed by atoms with Crippen molar-refractivity contribution in [3.05, 3.63) is 60.3 Å². The standard InChI is InChI=1S/C30H43N7O/c1-21(2)37-29(20-26(33-37)30(4,5)6)32-27-18-23(22(3)34(7)8)19-28(31-27)36-16-14-35(15-17-36)24-10-12-25(38-9)13-11-24/h10-13,18-21H,3,14-17H2,1-2,4-9H3,(H,31,32). The number of nitrogens with one attached hydrogen (secondary N) is 1. The largest absolute Gasteiger partial charge is 0.497 e. The summed E-state index contributed by atoms with van der Waals surface area (Å²) in [6.07, 6.45) is 0. The fraction of sp³-hybridized carbons (Fsp3) is 0.467. The Hall–Kier alpha value is -3.68. The molecule has 204 valence electrons. The summed E-state index contributed by atoms with van der Waals surface area (Å²) in [6.45, 7) is 18.8. The first kappa shape index (κ1) is 27.4. The van der Waals surface area contributed by atoms with Crippen molar-refractivity contribution in [2.75, 3.05) is 62.5 Å². The highest BCUT2D eigenvalue weighted by atomic mass is 16.5. The van der Waals surface area contributed by atoms with Crippen LogP contribution in [0.15, 0.2) is 49.0 Å². The summed E-state index contributed by atoms with van der Waals surface area (Å²) in [5, 5.41) is 8.49. The summed E-state index contributed by atoms with van der Waals surface area (Å²) in [5.74, 6) is 3.57. The first-order valence-electron chi connectivity index (χ1n) is 13.4. The zero-order valence-electron chi connectivity index (χ0n) is 24.2. The minimum absolute atomic E-state index is 0.0419. The predicted octanol–water partition coefficient (Wildman–Crippen LogP) is 5.77. The molecule has 0 amide bonds. The van der Waals surface area contributed by atoms with E-state index in [4.69, 9.17) is 14.8 Å². The molecule has 1 saturated heterocycles. The van der Waals surface area contributed by atoms with Gasteiger partial charge in [-0.25, -0.2) is 9.67 Å². The molecule has 2 aromatic heterocycles. The van der Waals surface area contributed by atoms with Crippen LogP contribution in [0, 0.1) is 0 Å². The van der Waals surface area contributed by atoms with Gasteiger partial charge in [-0.05, 0) is 50.2 Å². The van der Waals surface area contributed by atoms with Crippen molar-refractivity contribution in [2.45, 2.75) is 46.1 Å². The number of piperazine rings is 1. The SMILES string of the molecule is C=C(c1cc(Nc2cc(C(C)(C)C)nn2C(C)C)nc(N2CCN(c3ccc(OC)cc3)CC2)c1)N(C)C. The molecule has 0 bridgehead atoms. The maximum atomic E-state index is 5.31. The molecule has 8 nitrogen and oxygen atoms in total. The van der Waals surface area contributed by atoms with E-state index in [2.05, 4.69) is 86.6 Å². The van der Waals surface area contributed by atoms with E-state index < -0.39 is 0 Å². The Morgan fingerprint density at radius 3 is 2.18 bits per heavy atom. The predicted molar refractivity (Wildman–Crippen MR) is 159 cm³/mol. The molecule has 0 unspecified atom stereocenters.